The van der Waals surface area contributed by atoms with Gasteiger partial charge in [0.15, 0.2) is 5.78 Å². The number of nitrogens with zero attached hydrogens (tertiary/aromatic N) is 2. The van der Waals surface area contributed by atoms with Crippen molar-refractivity contribution in [2.75, 3.05) is 17.7 Å². The molecule has 0 fully saturated rings. The van der Waals surface area contributed by atoms with Gasteiger partial charge in [0.25, 0.3) is 0 Å². The highest BCUT2D eigenvalue weighted by Crippen LogP contribution is 2.27. The molecule has 0 aliphatic carbocycles. The number of anilines is 1. The van der Waals surface area contributed by atoms with E-state index in [-0.39, 0.29) is 17.4 Å². The second-order valence-corrected chi connectivity index (χ2v) is 7.18. The third-order valence-electron chi connectivity index (χ3n) is 4.08. The zero-order chi connectivity index (χ0) is 20.8. The molecule has 146 valence electrons. The molecule has 0 aliphatic rings. The number of pyridine rings is 1. The summed E-state index contributed by atoms with van der Waals surface area (Å²) in [7, 11) is 0. The first-order chi connectivity index (χ1) is 14.0. The number of ether oxygens (including phenoxy) is 1. The second-order valence-electron chi connectivity index (χ2n) is 6.21. The first-order valence-electron chi connectivity index (χ1n) is 9.01. The lowest BCUT2D eigenvalue weighted by Gasteiger charge is -2.09. The first kappa shape index (κ1) is 20.4. The molecule has 1 aromatic heterocycles. The first-order valence-corrected chi connectivity index (χ1v) is 10.00. The number of benzene rings is 2. The maximum atomic E-state index is 12.3. The maximum absolute atomic E-state index is 12.3. The van der Waals surface area contributed by atoms with Crippen LogP contribution in [0, 0.1) is 11.3 Å². The Bertz CT molecular complexity index is 1120. The van der Waals surface area contributed by atoms with Gasteiger partial charge >= 0.3 is 0 Å². The maximum Gasteiger partial charge on any atom is 0.234 e. The second kappa shape index (κ2) is 9.22. The fourth-order valence-corrected chi connectivity index (χ4v) is 3.49. The summed E-state index contributed by atoms with van der Waals surface area (Å²) in [6, 6.07) is 16.2. The molecule has 1 amide bonds. The van der Waals surface area contributed by atoms with Crippen LogP contribution in [0.3, 0.4) is 0 Å². The standard InChI is InChI=1S/C22H19N3O3S/c1-3-28-19-7-8-20-16(11-19)9-17(12-23)22(25-20)29-13-21(27)24-18-6-4-5-15(10-18)14(2)26/h4-11H,3,13H2,1-2H3,(H,24,27). The average molecular weight is 405 g/mol. The predicted molar refractivity (Wildman–Crippen MR) is 113 cm³/mol. The van der Waals surface area contributed by atoms with Crippen molar-refractivity contribution in [1.82, 2.24) is 4.98 Å². The minimum Gasteiger partial charge on any atom is -0.494 e. The van der Waals surface area contributed by atoms with Gasteiger partial charge < -0.3 is 10.1 Å². The van der Waals surface area contributed by atoms with Gasteiger partial charge in [-0.1, -0.05) is 23.9 Å². The largest absolute Gasteiger partial charge is 0.494 e. The normalized spacial score (nSPS) is 10.4. The smallest absolute Gasteiger partial charge is 0.234 e. The van der Waals surface area contributed by atoms with Gasteiger partial charge in [0.05, 0.1) is 23.4 Å². The number of aromatic nitrogens is 1. The number of amides is 1. The molecule has 1 heterocycles. The van der Waals surface area contributed by atoms with Crippen LogP contribution in [0.1, 0.15) is 29.8 Å². The molecule has 0 bridgehead atoms. The number of ketones is 1. The van der Waals surface area contributed by atoms with E-state index in [1.54, 1.807) is 30.3 Å². The van der Waals surface area contributed by atoms with E-state index in [1.807, 2.05) is 25.1 Å². The fourth-order valence-electron chi connectivity index (χ4n) is 2.73. The molecule has 0 unspecified atom stereocenters. The van der Waals surface area contributed by atoms with Crippen molar-refractivity contribution < 1.29 is 14.3 Å². The zero-order valence-electron chi connectivity index (χ0n) is 16.1. The Kier molecular flexibility index (Phi) is 6.47. The molecule has 2 aromatic carbocycles. The summed E-state index contributed by atoms with van der Waals surface area (Å²) in [5.41, 5.74) is 2.22. The molecular weight excluding hydrogens is 386 g/mol. The van der Waals surface area contributed by atoms with Crippen molar-refractivity contribution in [3.05, 3.63) is 59.7 Å². The molecule has 1 N–H and O–H groups in total. The van der Waals surface area contributed by atoms with E-state index in [2.05, 4.69) is 16.4 Å². The molecule has 0 spiro atoms. The van der Waals surface area contributed by atoms with Gasteiger partial charge in [-0.25, -0.2) is 4.98 Å². The van der Waals surface area contributed by atoms with Crippen LogP contribution in [-0.4, -0.2) is 29.0 Å². The number of hydrogen-bond donors (Lipinski definition) is 1. The molecule has 0 aliphatic heterocycles. The number of nitriles is 1. The molecule has 6 nitrogen and oxygen atoms in total. The van der Waals surface area contributed by atoms with Crippen LogP contribution >= 0.6 is 11.8 Å². The summed E-state index contributed by atoms with van der Waals surface area (Å²) >= 11 is 1.19. The highest BCUT2D eigenvalue weighted by atomic mass is 32.2. The van der Waals surface area contributed by atoms with Crippen LogP contribution in [0.4, 0.5) is 5.69 Å². The number of nitrogens with one attached hydrogen (secondary N) is 1. The van der Waals surface area contributed by atoms with E-state index in [4.69, 9.17) is 4.74 Å². The molecular formula is C22H19N3O3S. The Balaban J connectivity index is 1.73. The van der Waals surface area contributed by atoms with E-state index in [1.165, 1.54) is 18.7 Å². The van der Waals surface area contributed by atoms with Crippen molar-refractivity contribution in [3.63, 3.8) is 0 Å². The van der Waals surface area contributed by atoms with Crippen LogP contribution in [0.2, 0.25) is 0 Å². The van der Waals surface area contributed by atoms with E-state index in [0.717, 1.165) is 16.7 Å². The minimum atomic E-state index is -0.242. The fraction of sp³-hybridized carbons (Fsp3) is 0.182. The van der Waals surface area contributed by atoms with Crippen LogP contribution in [0.5, 0.6) is 5.75 Å². The van der Waals surface area contributed by atoms with Crippen molar-refractivity contribution in [2.24, 2.45) is 0 Å². The molecule has 3 aromatic rings. The van der Waals surface area contributed by atoms with Gasteiger partial charge in [0.1, 0.15) is 16.8 Å². The lowest BCUT2D eigenvalue weighted by Crippen LogP contribution is -2.14. The van der Waals surface area contributed by atoms with Gasteiger partial charge in [-0.3, -0.25) is 9.59 Å². The lowest BCUT2D eigenvalue weighted by molar-refractivity contribution is -0.113. The Hall–Kier alpha value is -3.37. The van der Waals surface area contributed by atoms with E-state index in [9.17, 15) is 14.9 Å². The van der Waals surface area contributed by atoms with Crippen molar-refractivity contribution in [3.8, 4) is 11.8 Å². The summed E-state index contributed by atoms with van der Waals surface area (Å²) in [6.07, 6.45) is 0. The SMILES string of the molecule is CCOc1ccc2nc(SCC(=O)Nc3cccc(C(C)=O)c3)c(C#N)cc2c1. The molecule has 0 atom stereocenters. The third-order valence-corrected chi connectivity index (χ3v) is 5.07. The van der Waals surface area contributed by atoms with Crippen molar-refractivity contribution >= 4 is 40.0 Å². The topological polar surface area (TPSA) is 92.1 Å². The van der Waals surface area contributed by atoms with Gasteiger partial charge in [0, 0.05) is 16.6 Å². The summed E-state index contributed by atoms with van der Waals surface area (Å²) in [6.45, 7) is 3.94. The van der Waals surface area contributed by atoms with Crippen LogP contribution < -0.4 is 10.1 Å². The van der Waals surface area contributed by atoms with Crippen LogP contribution in [-0.2, 0) is 4.79 Å². The van der Waals surface area contributed by atoms with Gasteiger partial charge in [-0.15, -0.1) is 0 Å². The molecule has 0 saturated heterocycles. The Labute approximate surface area is 172 Å². The Morgan fingerprint density at radius 1 is 1.21 bits per heavy atom. The summed E-state index contributed by atoms with van der Waals surface area (Å²) < 4.78 is 5.49. The van der Waals surface area contributed by atoms with Crippen molar-refractivity contribution in [2.45, 2.75) is 18.9 Å². The van der Waals surface area contributed by atoms with Gasteiger partial charge in [-0.2, -0.15) is 5.26 Å². The van der Waals surface area contributed by atoms with Gasteiger partial charge in [-0.05, 0) is 50.2 Å². The Morgan fingerprint density at radius 2 is 2.03 bits per heavy atom. The number of fused-ring (bicyclic) bond motifs is 1. The summed E-state index contributed by atoms with van der Waals surface area (Å²) in [5.74, 6) is 0.502. The lowest BCUT2D eigenvalue weighted by atomic mass is 10.1. The molecule has 0 radical (unpaired) electrons. The van der Waals surface area contributed by atoms with Crippen molar-refractivity contribution in [1.29, 1.82) is 5.26 Å². The van der Waals surface area contributed by atoms with E-state index in [0.29, 0.717) is 28.4 Å². The highest BCUT2D eigenvalue weighted by molar-refractivity contribution is 8.00. The van der Waals surface area contributed by atoms with Crippen LogP contribution in [0.15, 0.2) is 53.6 Å². The number of rotatable bonds is 7. The highest BCUT2D eigenvalue weighted by Gasteiger charge is 2.12. The van der Waals surface area contributed by atoms with E-state index >= 15 is 0 Å². The molecule has 7 heteroatoms. The zero-order valence-corrected chi connectivity index (χ0v) is 16.9. The monoisotopic (exact) mass is 405 g/mol. The molecule has 29 heavy (non-hydrogen) atoms. The number of Topliss-reactive ketones (excluding diaryl/α,β-unsaturated/α-hetero) is 1. The quantitative estimate of drug-likeness (QED) is 0.461. The molecule has 0 saturated carbocycles. The summed E-state index contributed by atoms with van der Waals surface area (Å²) in [4.78, 5) is 28.3. The third kappa shape index (κ3) is 5.12. The average Bonchev–Trinajstić information content (AvgIpc) is 2.72. The number of hydrogen-bond acceptors (Lipinski definition) is 6. The summed E-state index contributed by atoms with van der Waals surface area (Å²) in [5, 5.41) is 13.5. The predicted octanol–water partition coefficient (Wildman–Crippen LogP) is 4.44. The van der Waals surface area contributed by atoms with E-state index < -0.39 is 0 Å². The minimum absolute atomic E-state index is 0.0676. The number of carbonyl (C=O) groups excluding carboxylic acids is 2. The number of carbonyl (C=O) groups is 2. The Morgan fingerprint density at radius 3 is 2.76 bits per heavy atom. The van der Waals surface area contributed by atoms with Crippen LogP contribution in [0.25, 0.3) is 10.9 Å². The van der Waals surface area contributed by atoms with Gasteiger partial charge in [0.2, 0.25) is 5.91 Å². The molecule has 3 rings (SSSR count). The number of thioether (sulfide) groups is 1.